The van der Waals surface area contributed by atoms with Gasteiger partial charge in [-0.1, -0.05) is 20.8 Å². The molecule has 0 heterocycles. The molecule has 0 spiro atoms. The van der Waals surface area contributed by atoms with Crippen LogP contribution in [0.15, 0.2) is 0 Å². The van der Waals surface area contributed by atoms with Crippen LogP contribution in [0.1, 0.15) is 48.5 Å². The van der Waals surface area contributed by atoms with Gasteiger partial charge in [-0.2, -0.15) is 0 Å². The summed E-state index contributed by atoms with van der Waals surface area (Å²) in [6.07, 6.45) is 0. The van der Waals surface area contributed by atoms with E-state index in [0.29, 0.717) is 18.5 Å². The van der Waals surface area contributed by atoms with E-state index in [9.17, 15) is 4.79 Å². The summed E-state index contributed by atoms with van der Waals surface area (Å²) in [5, 5.41) is 3.35. The van der Waals surface area contributed by atoms with E-state index in [0.717, 1.165) is 0 Å². The van der Waals surface area contributed by atoms with Gasteiger partial charge in [0.1, 0.15) is 5.60 Å². The summed E-state index contributed by atoms with van der Waals surface area (Å²) >= 11 is 0. The molecule has 0 radical (unpaired) electrons. The first kappa shape index (κ1) is 15.4. The van der Waals surface area contributed by atoms with Gasteiger partial charge < -0.3 is 10.1 Å². The minimum Gasteiger partial charge on any atom is -0.460 e. The van der Waals surface area contributed by atoms with Gasteiger partial charge in [-0.15, -0.1) is 0 Å². The first-order valence-corrected chi connectivity index (χ1v) is 6.09. The van der Waals surface area contributed by atoms with Crippen LogP contribution in [0.2, 0.25) is 0 Å². The molecule has 0 aromatic carbocycles. The molecule has 0 fully saturated rings. The molecule has 0 rings (SSSR count). The molecular formula is C13H27NO2. The average Bonchev–Trinajstić information content (AvgIpc) is 2.10. The topological polar surface area (TPSA) is 38.3 Å². The lowest BCUT2D eigenvalue weighted by Crippen LogP contribution is -2.38. The highest BCUT2D eigenvalue weighted by Gasteiger charge is 2.22. The maximum Gasteiger partial charge on any atom is 0.310 e. The number of rotatable bonds is 5. The molecule has 0 aromatic rings. The highest BCUT2D eigenvalue weighted by Crippen LogP contribution is 2.11. The van der Waals surface area contributed by atoms with Crippen LogP contribution in [-0.4, -0.2) is 24.2 Å². The van der Waals surface area contributed by atoms with E-state index in [4.69, 9.17) is 4.74 Å². The second-order valence-electron chi connectivity index (χ2n) is 5.88. The van der Waals surface area contributed by atoms with Crippen molar-refractivity contribution in [1.29, 1.82) is 0 Å². The Labute approximate surface area is 99.9 Å². The Morgan fingerprint density at radius 2 is 1.69 bits per heavy atom. The molecule has 0 bridgehead atoms. The molecule has 0 aliphatic heterocycles. The minimum absolute atomic E-state index is 0.0968. The van der Waals surface area contributed by atoms with Crippen LogP contribution < -0.4 is 5.32 Å². The number of hydrogen-bond acceptors (Lipinski definition) is 3. The molecular weight excluding hydrogens is 202 g/mol. The van der Waals surface area contributed by atoms with Crippen molar-refractivity contribution in [2.75, 3.05) is 6.54 Å². The fourth-order valence-electron chi connectivity index (χ4n) is 1.08. The first-order valence-electron chi connectivity index (χ1n) is 6.09. The zero-order chi connectivity index (χ0) is 12.9. The third kappa shape index (κ3) is 6.83. The van der Waals surface area contributed by atoms with Gasteiger partial charge in [-0.3, -0.25) is 4.79 Å². The molecule has 0 amide bonds. The Morgan fingerprint density at radius 3 is 2.06 bits per heavy atom. The number of hydrogen-bond donors (Lipinski definition) is 1. The average molecular weight is 229 g/mol. The Morgan fingerprint density at radius 1 is 1.19 bits per heavy atom. The second-order valence-corrected chi connectivity index (χ2v) is 5.88. The van der Waals surface area contributed by atoms with Crippen molar-refractivity contribution in [2.24, 2.45) is 11.8 Å². The van der Waals surface area contributed by atoms with Crippen LogP contribution in [0, 0.1) is 11.8 Å². The summed E-state index contributed by atoms with van der Waals surface area (Å²) in [5.41, 5.74) is -0.394. The van der Waals surface area contributed by atoms with E-state index < -0.39 is 5.60 Å². The lowest BCUT2D eigenvalue weighted by Gasteiger charge is -2.24. The quantitative estimate of drug-likeness (QED) is 0.736. The SMILES string of the molecule is CC(C)[C@@H](C)NC[C@@H](C)C(=O)OC(C)(C)C. The van der Waals surface area contributed by atoms with Crippen LogP contribution in [0.3, 0.4) is 0 Å². The second kappa shape index (κ2) is 6.24. The summed E-state index contributed by atoms with van der Waals surface area (Å²) in [6, 6.07) is 0.421. The smallest absolute Gasteiger partial charge is 0.310 e. The predicted octanol–water partition coefficient (Wildman–Crippen LogP) is 2.60. The number of nitrogens with one attached hydrogen (secondary N) is 1. The van der Waals surface area contributed by atoms with Crippen molar-refractivity contribution < 1.29 is 9.53 Å². The van der Waals surface area contributed by atoms with E-state index in [1.807, 2.05) is 27.7 Å². The van der Waals surface area contributed by atoms with Crippen molar-refractivity contribution in [2.45, 2.75) is 60.1 Å². The summed E-state index contributed by atoms with van der Waals surface area (Å²) in [4.78, 5) is 11.7. The number of carbonyl (C=O) groups is 1. The van der Waals surface area contributed by atoms with Gasteiger partial charge in [-0.25, -0.2) is 0 Å². The largest absolute Gasteiger partial charge is 0.460 e. The van der Waals surface area contributed by atoms with Gasteiger partial charge in [0.25, 0.3) is 0 Å². The highest BCUT2D eigenvalue weighted by atomic mass is 16.6. The van der Waals surface area contributed by atoms with Crippen molar-refractivity contribution in [3.63, 3.8) is 0 Å². The van der Waals surface area contributed by atoms with Gasteiger partial charge in [0.05, 0.1) is 5.92 Å². The Kier molecular flexibility index (Phi) is 6.01. The maximum atomic E-state index is 11.7. The molecule has 0 saturated carbocycles. The Bertz CT molecular complexity index is 218. The molecule has 0 aromatic heterocycles. The van der Waals surface area contributed by atoms with Gasteiger partial charge in [0.15, 0.2) is 0 Å². The molecule has 0 unspecified atom stereocenters. The zero-order valence-electron chi connectivity index (χ0n) is 11.8. The predicted molar refractivity (Wildman–Crippen MR) is 67.3 cm³/mol. The van der Waals surface area contributed by atoms with Crippen LogP contribution in [-0.2, 0) is 9.53 Å². The third-order valence-corrected chi connectivity index (χ3v) is 2.56. The molecule has 1 N–H and O–H groups in total. The van der Waals surface area contributed by atoms with E-state index in [2.05, 4.69) is 26.1 Å². The van der Waals surface area contributed by atoms with Crippen molar-refractivity contribution in [3.05, 3.63) is 0 Å². The van der Waals surface area contributed by atoms with Crippen LogP contribution >= 0.6 is 0 Å². The van der Waals surface area contributed by atoms with Crippen molar-refractivity contribution >= 4 is 5.97 Å². The van der Waals surface area contributed by atoms with E-state index in [1.54, 1.807) is 0 Å². The third-order valence-electron chi connectivity index (χ3n) is 2.56. The highest BCUT2D eigenvalue weighted by molar-refractivity contribution is 5.72. The molecule has 3 heteroatoms. The lowest BCUT2D eigenvalue weighted by atomic mass is 10.1. The summed E-state index contributed by atoms with van der Waals surface area (Å²) in [5.74, 6) is 0.349. The normalized spacial score (nSPS) is 16.0. The summed E-state index contributed by atoms with van der Waals surface area (Å²) < 4.78 is 5.31. The molecule has 3 nitrogen and oxygen atoms in total. The van der Waals surface area contributed by atoms with E-state index in [-0.39, 0.29) is 11.9 Å². The monoisotopic (exact) mass is 229 g/mol. The standard InChI is InChI=1S/C13H27NO2/c1-9(2)11(4)14-8-10(3)12(15)16-13(5,6)7/h9-11,14H,8H2,1-7H3/t10-,11-/m1/s1. The molecule has 0 saturated heterocycles. The molecule has 96 valence electrons. The van der Waals surface area contributed by atoms with Gasteiger partial charge in [0, 0.05) is 12.6 Å². The summed E-state index contributed by atoms with van der Waals surface area (Å²) in [7, 11) is 0. The van der Waals surface area contributed by atoms with E-state index >= 15 is 0 Å². The van der Waals surface area contributed by atoms with Crippen LogP contribution in [0.25, 0.3) is 0 Å². The van der Waals surface area contributed by atoms with Gasteiger partial charge in [0.2, 0.25) is 0 Å². The van der Waals surface area contributed by atoms with Crippen molar-refractivity contribution in [3.8, 4) is 0 Å². The van der Waals surface area contributed by atoms with Gasteiger partial charge in [-0.05, 0) is 33.6 Å². The van der Waals surface area contributed by atoms with Crippen LogP contribution in [0.5, 0.6) is 0 Å². The van der Waals surface area contributed by atoms with E-state index in [1.165, 1.54) is 0 Å². The number of ether oxygens (including phenoxy) is 1. The molecule has 0 aliphatic rings. The number of carbonyl (C=O) groups excluding carboxylic acids is 1. The molecule has 2 atom stereocenters. The summed E-state index contributed by atoms with van der Waals surface area (Å²) in [6.45, 7) is 14.7. The first-order chi connectivity index (χ1) is 7.13. The Hall–Kier alpha value is -0.570. The molecule has 0 aliphatic carbocycles. The fourth-order valence-corrected chi connectivity index (χ4v) is 1.08. The zero-order valence-corrected chi connectivity index (χ0v) is 11.8. The van der Waals surface area contributed by atoms with Crippen LogP contribution in [0.4, 0.5) is 0 Å². The number of esters is 1. The molecule has 16 heavy (non-hydrogen) atoms. The van der Waals surface area contributed by atoms with Gasteiger partial charge >= 0.3 is 5.97 Å². The van der Waals surface area contributed by atoms with Crippen molar-refractivity contribution in [1.82, 2.24) is 5.32 Å². The fraction of sp³-hybridized carbons (Fsp3) is 0.923. The maximum absolute atomic E-state index is 11.7. The lowest BCUT2D eigenvalue weighted by molar-refractivity contribution is -0.159. The minimum atomic E-state index is -0.394. The Balaban J connectivity index is 3.98.